The molecule has 0 fully saturated rings. The topological polar surface area (TPSA) is 54.6 Å². The van der Waals surface area contributed by atoms with E-state index >= 15 is 0 Å². The van der Waals surface area contributed by atoms with E-state index in [4.69, 9.17) is 5.21 Å². The van der Waals surface area contributed by atoms with Crippen LogP contribution in [0.1, 0.15) is 17.5 Å². The summed E-state index contributed by atoms with van der Waals surface area (Å²) in [7, 11) is 1.70. The Morgan fingerprint density at radius 3 is 2.58 bits per heavy atom. The number of oxime groups is 1. The van der Waals surface area contributed by atoms with Gasteiger partial charge in [-0.25, -0.2) is 0 Å². The lowest BCUT2D eigenvalue weighted by Crippen LogP contribution is -2.08. The maximum absolute atomic E-state index is 11.1. The zero-order chi connectivity index (χ0) is 9.30. The molecular weight excluding hydrogens is 176 g/mol. The molecule has 0 aliphatic carbocycles. The van der Waals surface area contributed by atoms with Crippen LogP contribution in [0.3, 0.4) is 0 Å². The Morgan fingerprint density at radius 2 is 2.25 bits per heavy atom. The first-order valence-corrected chi connectivity index (χ1v) is 4.25. The maximum Gasteiger partial charge on any atom is 0.307 e. The normalized spacial score (nSPS) is 12.1. The summed E-state index contributed by atoms with van der Waals surface area (Å²) in [5.41, 5.74) is 1.32. The second-order valence-electron chi connectivity index (χ2n) is 2.53. The highest BCUT2D eigenvalue weighted by Gasteiger charge is 2.10. The SMILES string of the molecule is C/C(=N\O)c1sc(=O)n(C)c1C. The highest BCUT2D eigenvalue weighted by Crippen LogP contribution is 2.11. The molecular formula is C7H10N2O2S. The summed E-state index contributed by atoms with van der Waals surface area (Å²) < 4.78 is 1.54. The molecule has 1 rings (SSSR count). The van der Waals surface area contributed by atoms with E-state index in [-0.39, 0.29) is 4.87 Å². The zero-order valence-corrected chi connectivity index (χ0v) is 7.97. The van der Waals surface area contributed by atoms with Gasteiger partial charge < -0.3 is 9.77 Å². The van der Waals surface area contributed by atoms with E-state index in [0.717, 1.165) is 21.9 Å². The Labute approximate surface area is 73.8 Å². The Hall–Kier alpha value is -1.10. The number of hydrogen-bond donors (Lipinski definition) is 1. The minimum absolute atomic E-state index is 0.0366. The number of aromatic nitrogens is 1. The quantitative estimate of drug-likeness (QED) is 0.403. The van der Waals surface area contributed by atoms with Crippen molar-refractivity contribution in [3.63, 3.8) is 0 Å². The van der Waals surface area contributed by atoms with E-state index in [1.54, 1.807) is 14.0 Å². The third kappa shape index (κ3) is 1.27. The van der Waals surface area contributed by atoms with E-state index < -0.39 is 0 Å². The van der Waals surface area contributed by atoms with Crippen molar-refractivity contribution >= 4 is 17.0 Å². The first kappa shape index (κ1) is 8.99. The third-order valence-corrected chi connectivity index (χ3v) is 3.02. The lowest BCUT2D eigenvalue weighted by molar-refractivity contribution is 0.319. The number of nitrogens with zero attached hydrogens (tertiary/aromatic N) is 2. The van der Waals surface area contributed by atoms with Crippen molar-refractivity contribution in [2.45, 2.75) is 13.8 Å². The van der Waals surface area contributed by atoms with Gasteiger partial charge in [-0.2, -0.15) is 0 Å². The molecule has 0 unspecified atom stereocenters. The molecule has 12 heavy (non-hydrogen) atoms. The lowest BCUT2D eigenvalue weighted by Gasteiger charge is -1.96. The molecule has 0 atom stereocenters. The monoisotopic (exact) mass is 186 g/mol. The van der Waals surface area contributed by atoms with Crippen LogP contribution in [-0.2, 0) is 7.05 Å². The van der Waals surface area contributed by atoms with Crippen molar-refractivity contribution in [1.82, 2.24) is 4.57 Å². The molecule has 4 nitrogen and oxygen atoms in total. The van der Waals surface area contributed by atoms with Gasteiger partial charge in [0.25, 0.3) is 0 Å². The molecule has 5 heteroatoms. The average molecular weight is 186 g/mol. The first-order valence-electron chi connectivity index (χ1n) is 3.43. The van der Waals surface area contributed by atoms with Crippen LogP contribution in [0.15, 0.2) is 9.95 Å². The van der Waals surface area contributed by atoms with Crippen molar-refractivity contribution in [2.75, 3.05) is 0 Å². The van der Waals surface area contributed by atoms with E-state index in [9.17, 15) is 4.79 Å². The molecule has 0 aromatic carbocycles. The van der Waals surface area contributed by atoms with Crippen molar-refractivity contribution in [3.8, 4) is 0 Å². The van der Waals surface area contributed by atoms with Crippen LogP contribution in [0.2, 0.25) is 0 Å². The average Bonchev–Trinajstić information content (AvgIpc) is 2.32. The van der Waals surface area contributed by atoms with E-state index in [1.807, 2.05) is 6.92 Å². The van der Waals surface area contributed by atoms with Crippen LogP contribution < -0.4 is 4.87 Å². The molecule has 0 amide bonds. The van der Waals surface area contributed by atoms with Crippen molar-refractivity contribution in [3.05, 3.63) is 20.2 Å². The van der Waals surface area contributed by atoms with E-state index in [1.165, 1.54) is 4.57 Å². The second-order valence-corrected chi connectivity index (χ2v) is 3.49. The molecule has 0 saturated heterocycles. The Bertz CT molecular complexity index is 375. The predicted octanol–water partition coefficient (Wildman–Crippen LogP) is 0.953. The third-order valence-electron chi connectivity index (χ3n) is 1.77. The number of thiazole rings is 1. The van der Waals surface area contributed by atoms with Crippen molar-refractivity contribution < 1.29 is 5.21 Å². The molecule has 0 aliphatic heterocycles. The summed E-state index contributed by atoms with van der Waals surface area (Å²) in [5, 5.41) is 11.5. The predicted molar refractivity (Wildman–Crippen MR) is 48.3 cm³/mol. The first-order chi connectivity index (χ1) is 5.57. The van der Waals surface area contributed by atoms with Gasteiger partial charge in [0.1, 0.15) is 0 Å². The summed E-state index contributed by atoms with van der Waals surface area (Å²) in [5.74, 6) is 0. The largest absolute Gasteiger partial charge is 0.411 e. The highest BCUT2D eigenvalue weighted by atomic mass is 32.1. The van der Waals surface area contributed by atoms with E-state index in [2.05, 4.69) is 5.16 Å². The Morgan fingerprint density at radius 1 is 1.67 bits per heavy atom. The Balaban J connectivity index is 3.37. The lowest BCUT2D eigenvalue weighted by atomic mass is 10.3. The summed E-state index contributed by atoms with van der Waals surface area (Å²) in [6, 6.07) is 0. The molecule has 1 N–H and O–H groups in total. The van der Waals surface area contributed by atoms with Crippen LogP contribution in [0, 0.1) is 6.92 Å². The van der Waals surface area contributed by atoms with Gasteiger partial charge in [-0.3, -0.25) is 4.79 Å². The van der Waals surface area contributed by atoms with Crippen LogP contribution in [0.25, 0.3) is 0 Å². The van der Waals surface area contributed by atoms with Crippen LogP contribution in [0.5, 0.6) is 0 Å². The second kappa shape index (κ2) is 3.10. The fourth-order valence-electron chi connectivity index (χ4n) is 0.900. The van der Waals surface area contributed by atoms with Gasteiger partial charge in [0.05, 0.1) is 10.6 Å². The Kier molecular flexibility index (Phi) is 2.32. The van der Waals surface area contributed by atoms with Gasteiger partial charge in [0.2, 0.25) is 0 Å². The molecule has 0 radical (unpaired) electrons. The number of hydrogen-bond acceptors (Lipinski definition) is 4. The molecule has 0 bridgehead atoms. The van der Waals surface area contributed by atoms with Crippen LogP contribution in [0.4, 0.5) is 0 Å². The summed E-state index contributed by atoms with van der Waals surface area (Å²) in [4.78, 5) is 11.8. The minimum atomic E-state index is -0.0366. The van der Waals surface area contributed by atoms with Crippen molar-refractivity contribution in [1.29, 1.82) is 0 Å². The van der Waals surface area contributed by atoms with Crippen LogP contribution >= 0.6 is 11.3 Å². The summed E-state index contributed by atoms with van der Waals surface area (Å²) >= 11 is 1.09. The van der Waals surface area contributed by atoms with Crippen molar-refractivity contribution in [2.24, 2.45) is 12.2 Å². The molecule has 0 spiro atoms. The molecule has 66 valence electrons. The molecule has 1 heterocycles. The molecule has 1 aromatic rings. The minimum Gasteiger partial charge on any atom is -0.411 e. The van der Waals surface area contributed by atoms with Gasteiger partial charge in [0.15, 0.2) is 0 Å². The maximum atomic E-state index is 11.1. The summed E-state index contributed by atoms with van der Waals surface area (Å²) in [6.07, 6.45) is 0. The van der Waals surface area contributed by atoms with Gasteiger partial charge in [-0.1, -0.05) is 16.5 Å². The van der Waals surface area contributed by atoms with Gasteiger partial charge in [0, 0.05) is 12.7 Å². The van der Waals surface area contributed by atoms with Gasteiger partial charge in [-0.15, -0.1) is 0 Å². The highest BCUT2D eigenvalue weighted by molar-refractivity contribution is 7.11. The van der Waals surface area contributed by atoms with Crippen LogP contribution in [-0.4, -0.2) is 15.5 Å². The summed E-state index contributed by atoms with van der Waals surface area (Å²) in [6.45, 7) is 3.49. The molecule has 1 aromatic heterocycles. The fourth-order valence-corrected chi connectivity index (χ4v) is 1.82. The van der Waals surface area contributed by atoms with Gasteiger partial charge >= 0.3 is 4.87 Å². The molecule has 0 saturated carbocycles. The molecule has 0 aliphatic rings. The zero-order valence-electron chi connectivity index (χ0n) is 7.16. The number of rotatable bonds is 1. The smallest absolute Gasteiger partial charge is 0.307 e. The van der Waals surface area contributed by atoms with Gasteiger partial charge in [-0.05, 0) is 13.8 Å². The van der Waals surface area contributed by atoms with E-state index in [0.29, 0.717) is 5.71 Å². The fraction of sp³-hybridized carbons (Fsp3) is 0.429. The standard InChI is InChI=1S/C7H10N2O2S/c1-4(8-11)6-5(2)9(3)7(10)12-6/h11H,1-3H3/b8-4+.